The summed E-state index contributed by atoms with van der Waals surface area (Å²) < 4.78 is 5.24. The Hall–Kier alpha value is -2.75. The first-order valence-electron chi connectivity index (χ1n) is 9.11. The van der Waals surface area contributed by atoms with Gasteiger partial charge in [0.2, 0.25) is 0 Å². The van der Waals surface area contributed by atoms with E-state index in [-0.39, 0.29) is 11.9 Å². The van der Waals surface area contributed by atoms with Crippen LogP contribution in [0.1, 0.15) is 46.1 Å². The highest BCUT2D eigenvalue weighted by atomic mass is 16.5. The molecule has 3 aromatic rings. The number of fused-ring (bicyclic) bond motifs is 1. The van der Waals surface area contributed by atoms with Gasteiger partial charge in [-0.3, -0.25) is 4.79 Å². The van der Waals surface area contributed by atoms with Crippen LogP contribution in [0, 0.1) is 13.8 Å². The van der Waals surface area contributed by atoms with E-state index >= 15 is 0 Å². The van der Waals surface area contributed by atoms with Gasteiger partial charge in [-0.25, -0.2) is 0 Å². The molecule has 0 spiro atoms. The summed E-state index contributed by atoms with van der Waals surface area (Å²) in [5.41, 5.74) is 5.27. The van der Waals surface area contributed by atoms with Gasteiger partial charge < -0.3 is 14.6 Å². The quantitative estimate of drug-likeness (QED) is 0.741. The molecule has 4 heteroatoms. The number of aryl methyl sites for hydroxylation is 2. The van der Waals surface area contributed by atoms with E-state index in [2.05, 4.69) is 43.1 Å². The van der Waals surface area contributed by atoms with E-state index in [0.29, 0.717) is 5.69 Å². The number of nitrogens with one attached hydrogen (secondary N) is 1. The van der Waals surface area contributed by atoms with Crippen molar-refractivity contribution in [1.82, 2.24) is 9.88 Å². The van der Waals surface area contributed by atoms with Crippen molar-refractivity contribution >= 4 is 16.8 Å². The van der Waals surface area contributed by atoms with E-state index in [1.807, 2.05) is 23.1 Å². The molecule has 1 fully saturated rings. The first kappa shape index (κ1) is 16.7. The molecule has 4 rings (SSSR count). The molecular weight excluding hydrogens is 324 g/mol. The van der Waals surface area contributed by atoms with Crippen LogP contribution >= 0.6 is 0 Å². The average molecular weight is 348 g/mol. The third-order valence-electron chi connectivity index (χ3n) is 5.33. The molecule has 1 aliphatic heterocycles. The van der Waals surface area contributed by atoms with Gasteiger partial charge in [-0.2, -0.15) is 0 Å². The molecule has 1 N–H and O–H groups in total. The highest BCUT2D eigenvalue weighted by Gasteiger charge is 2.31. The van der Waals surface area contributed by atoms with Crippen molar-refractivity contribution in [1.29, 1.82) is 0 Å². The van der Waals surface area contributed by atoms with E-state index in [1.54, 1.807) is 7.11 Å². The van der Waals surface area contributed by atoms with Crippen LogP contribution in [-0.4, -0.2) is 29.4 Å². The maximum absolute atomic E-state index is 13.2. The van der Waals surface area contributed by atoms with Crippen LogP contribution in [0.2, 0.25) is 0 Å². The number of hydrogen-bond donors (Lipinski definition) is 1. The van der Waals surface area contributed by atoms with Crippen LogP contribution in [0.4, 0.5) is 0 Å². The van der Waals surface area contributed by atoms with Crippen molar-refractivity contribution < 1.29 is 9.53 Å². The van der Waals surface area contributed by atoms with E-state index in [0.717, 1.165) is 36.0 Å². The Bertz CT molecular complexity index is 956. The lowest BCUT2D eigenvalue weighted by atomic mass is 10.0. The Kier molecular flexibility index (Phi) is 4.19. The lowest BCUT2D eigenvalue weighted by molar-refractivity contribution is 0.0730. The van der Waals surface area contributed by atoms with Crippen molar-refractivity contribution in [2.45, 2.75) is 32.7 Å². The number of benzene rings is 2. The number of nitrogens with zero attached hydrogens (tertiary/aromatic N) is 1. The molecule has 1 atom stereocenters. The summed E-state index contributed by atoms with van der Waals surface area (Å²) in [4.78, 5) is 18.5. The molecule has 2 aromatic carbocycles. The molecule has 1 aliphatic rings. The highest BCUT2D eigenvalue weighted by molar-refractivity contribution is 5.99. The van der Waals surface area contributed by atoms with Gasteiger partial charge in [0, 0.05) is 17.4 Å². The molecule has 0 radical (unpaired) electrons. The molecule has 2 heterocycles. The molecule has 1 unspecified atom stereocenters. The zero-order chi connectivity index (χ0) is 18.3. The van der Waals surface area contributed by atoms with E-state index in [9.17, 15) is 4.79 Å². The minimum Gasteiger partial charge on any atom is -0.497 e. The van der Waals surface area contributed by atoms with Crippen LogP contribution < -0.4 is 4.74 Å². The predicted octanol–water partition coefficient (Wildman–Crippen LogP) is 4.77. The SMILES string of the molecule is COc1ccc(C2CCCN2C(=O)c2cc3c(C)cc(C)cc3[nH]2)cc1. The van der Waals surface area contributed by atoms with E-state index in [1.165, 1.54) is 16.7 Å². The number of aromatic amines is 1. The van der Waals surface area contributed by atoms with Gasteiger partial charge in [0.1, 0.15) is 11.4 Å². The lowest BCUT2D eigenvalue weighted by Crippen LogP contribution is -2.30. The second kappa shape index (κ2) is 6.52. The highest BCUT2D eigenvalue weighted by Crippen LogP contribution is 2.34. The summed E-state index contributed by atoms with van der Waals surface area (Å²) in [7, 11) is 1.67. The normalized spacial score (nSPS) is 17.0. The largest absolute Gasteiger partial charge is 0.497 e. The number of hydrogen-bond acceptors (Lipinski definition) is 2. The molecule has 1 saturated heterocycles. The number of rotatable bonds is 3. The Morgan fingerprint density at radius 2 is 1.92 bits per heavy atom. The topological polar surface area (TPSA) is 45.3 Å². The molecule has 26 heavy (non-hydrogen) atoms. The van der Waals surface area contributed by atoms with Crippen molar-refractivity contribution in [3.05, 3.63) is 64.8 Å². The van der Waals surface area contributed by atoms with Crippen molar-refractivity contribution in [3.63, 3.8) is 0 Å². The van der Waals surface area contributed by atoms with Crippen LogP contribution in [0.3, 0.4) is 0 Å². The fourth-order valence-corrected chi connectivity index (χ4v) is 4.05. The molecule has 0 aliphatic carbocycles. The van der Waals surface area contributed by atoms with Gasteiger partial charge in [-0.15, -0.1) is 0 Å². The standard InChI is InChI=1S/C22H24N2O2/c1-14-11-15(2)18-13-20(23-19(18)12-14)22(25)24-10-4-5-21(24)16-6-8-17(26-3)9-7-16/h6-9,11-13,21,23H,4-5,10H2,1-3H3. The second-order valence-corrected chi connectivity index (χ2v) is 7.16. The van der Waals surface area contributed by atoms with Crippen LogP contribution in [0.25, 0.3) is 10.9 Å². The Balaban J connectivity index is 1.65. The average Bonchev–Trinajstić information content (AvgIpc) is 3.28. The fourth-order valence-electron chi connectivity index (χ4n) is 4.05. The number of ether oxygens (including phenoxy) is 1. The molecular formula is C22H24N2O2. The van der Waals surface area contributed by atoms with Crippen LogP contribution in [-0.2, 0) is 0 Å². The number of carbonyl (C=O) groups is 1. The van der Waals surface area contributed by atoms with E-state index < -0.39 is 0 Å². The number of methoxy groups -OCH3 is 1. The number of H-pyrrole nitrogens is 1. The first-order chi connectivity index (χ1) is 12.6. The van der Waals surface area contributed by atoms with Gasteiger partial charge >= 0.3 is 0 Å². The maximum Gasteiger partial charge on any atom is 0.270 e. The molecule has 1 amide bonds. The Morgan fingerprint density at radius 1 is 1.15 bits per heavy atom. The van der Waals surface area contributed by atoms with Crippen LogP contribution in [0.5, 0.6) is 5.75 Å². The minimum absolute atomic E-state index is 0.0802. The lowest BCUT2D eigenvalue weighted by Gasteiger charge is -2.24. The summed E-state index contributed by atoms with van der Waals surface area (Å²) in [6.07, 6.45) is 2.03. The predicted molar refractivity (Wildman–Crippen MR) is 104 cm³/mol. The number of amides is 1. The van der Waals surface area contributed by atoms with Gasteiger partial charge in [-0.1, -0.05) is 18.2 Å². The Morgan fingerprint density at radius 3 is 2.65 bits per heavy atom. The molecule has 1 aromatic heterocycles. The summed E-state index contributed by atoms with van der Waals surface area (Å²) >= 11 is 0. The van der Waals surface area contributed by atoms with Crippen molar-refractivity contribution in [2.75, 3.05) is 13.7 Å². The third kappa shape index (κ3) is 2.85. The number of likely N-dealkylation sites (tertiary alicyclic amines) is 1. The zero-order valence-electron chi connectivity index (χ0n) is 15.5. The smallest absolute Gasteiger partial charge is 0.270 e. The van der Waals surface area contributed by atoms with Gasteiger partial charge in [0.05, 0.1) is 13.2 Å². The minimum atomic E-state index is 0.0802. The molecule has 134 valence electrons. The second-order valence-electron chi connectivity index (χ2n) is 7.16. The Labute approximate surface area is 153 Å². The fraction of sp³-hybridized carbons (Fsp3) is 0.318. The zero-order valence-corrected chi connectivity index (χ0v) is 15.5. The van der Waals surface area contributed by atoms with Crippen molar-refractivity contribution in [3.8, 4) is 5.75 Å². The van der Waals surface area contributed by atoms with Gasteiger partial charge in [0.15, 0.2) is 0 Å². The van der Waals surface area contributed by atoms with Crippen LogP contribution in [0.15, 0.2) is 42.5 Å². The molecule has 4 nitrogen and oxygen atoms in total. The third-order valence-corrected chi connectivity index (χ3v) is 5.33. The van der Waals surface area contributed by atoms with Crippen molar-refractivity contribution in [2.24, 2.45) is 0 Å². The first-order valence-corrected chi connectivity index (χ1v) is 9.11. The van der Waals surface area contributed by atoms with E-state index in [4.69, 9.17) is 4.74 Å². The summed E-state index contributed by atoms with van der Waals surface area (Å²) in [5, 5.41) is 1.12. The summed E-state index contributed by atoms with van der Waals surface area (Å²) in [5.74, 6) is 0.919. The van der Waals surface area contributed by atoms with Gasteiger partial charge in [0.25, 0.3) is 5.91 Å². The number of carbonyl (C=O) groups excluding carboxylic acids is 1. The summed E-state index contributed by atoms with van der Waals surface area (Å²) in [6.45, 7) is 4.96. The molecule has 0 saturated carbocycles. The van der Waals surface area contributed by atoms with Gasteiger partial charge in [-0.05, 0) is 67.6 Å². The molecule has 0 bridgehead atoms. The summed E-state index contributed by atoms with van der Waals surface area (Å²) in [6, 6.07) is 14.4. The number of aromatic nitrogens is 1. The monoisotopic (exact) mass is 348 g/mol. The maximum atomic E-state index is 13.2.